The minimum Gasteiger partial charge on any atom is -0.464 e. The van der Waals surface area contributed by atoms with Crippen LogP contribution in [0.25, 0.3) is 11.0 Å². The Kier molecular flexibility index (Phi) is 3.08. The number of sulfone groups is 1. The molecule has 1 heterocycles. The first kappa shape index (κ1) is 11.7. The Morgan fingerprint density at radius 2 is 2.12 bits per heavy atom. The Morgan fingerprint density at radius 3 is 2.81 bits per heavy atom. The SMILES string of the molecule is CCS(=O)(=O)Cc1coc2cc(Br)ccc12. The van der Waals surface area contributed by atoms with Crippen molar-refractivity contribution in [3.05, 3.63) is 34.5 Å². The van der Waals surface area contributed by atoms with Gasteiger partial charge < -0.3 is 4.42 Å². The highest BCUT2D eigenvalue weighted by atomic mass is 79.9. The molecule has 1 aromatic heterocycles. The van der Waals surface area contributed by atoms with Crippen LogP contribution in [0, 0.1) is 0 Å². The van der Waals surface area contributed by atoms with Gasteiger partial charge in [0.15, 0.2) is 9.84 Å². The van der Waals surface area contributed by atoms with Crippen LogP contribution in [-0.2, 0) is 15.6 Å². The van der Waals surface area contributed by atoms with E-state index in [1.54, 1.807) is 6.92 Å². The van der Waals surface area contributed by atoms with E-state index in [0.717, 1.165) is 15.4 Å². The van der Waals surface area contributed by atoms with Gasteiger partial charge in [-0.15, -0.1) is 0 Å². The van der Waals surface area contributed by atoms with Gasteiger partial charge in [0.2, 0.25) is 0 Å². The van der Waals surface area contributed by atoms with Gasteiger partial charge in [0, 0.05) is 21.2 Å². The fourth-order valence-electron chi connectivity index (χ4n) is 1.51. The van der Waals surface area contributed by atoms with Gasteiger partial charge in [0.25, 0.3) is 0 Å². The van der Waals surface area contributed by atoms with Crippen LogP contribution in [0.2, 0.25) is 0 Å². The molecule has 0 atom stereocenters. The van der Waals surface area contributed by atoms with E-state index in [1.807, 2.05) is 18.2 Å². The molecule has 0 fully saturated rings. The van der Waals surface area contributed by atoms with Gasteiger partial charge >= 0.3 is 0 Å². The summed E-state index contributed by atoms with van der Waals surface area (Å²) in [5.74, 6) is 0.189. The monoisotopic (exact) mass is 302 g/mol. The van der Waals surface area contributed by atoms with Crippen molar-refractivity contribution < 1.29 is 12.8 Å². The van der Waals surface area contributed by atoms with Gasteiger partial charge in [-0.05, 0) is 18.2 Å². The third-order valence-electron chi connectivity index (χ3n) is 2.43. The molecular weight excluding hydrogens is 292 g/mol. The van der Waals surface area contributed by atoms with Gasteiger partial charge in [-0.1, -0.05) is 22.9 Å². The van der Waals surface area contributed by atoms with E-state index in [9.17, 15) is 8.42 Å². The summed E-state index contributed by atoms with van der Waals surface area (Å²) in [6, 6.07) is 5.57. The molecule has 0 amide bonds. The number of hydrogen-bond acceptors (Lipinski definition) is 3. The molecule has 0 saturated heterocycles. The van der Waals surface area contributed by atoms with Crippen LogP contribution in [0.3, 0.4) is 0 Å². The first-order valence-electron chi connectivity index (χ1n) is 4.88. The van der Waals surface area contributed by atoms with Crippen LogP contribution in [-0.4, -0.2) is 14.2 Å². The summed E-state index contributed by atoms with van der Waals surface area (Å²) in [4.78, 5) is 0. The fraction of sp³-hybridized carbons (Fsp3) is 0.273. The summed E-state index contributed by atoms with van der Waals surface area (Å²) >= 11 is 3.34. The molecule has 2 rings (SSSR count). The number of hydrogen-bond donors (Lipinski definition) is 0. The van der Waals surface area contributed by atoms with Gasteiger partial charge in [-0.25, -0.2) is 8.42 Å². The molecule has 0 spiro atoms. The van der Waals surface area contributed by atoms with Crippen molar-refractivity contribution in [3.63, 3.8) is 0 Å². The molecule has 1 aromatic carbocycles. The molecule has 0 aliphatic carbocycles. The fourth-order valence-corrected chi connectivity index (χ4v) is 2.75. The number of benzene rings is 1. The molecule has 0 bridgehead atoms. The normalized spacial score (nSPS) is 12.1. The zero-order valence-electron chi connectivity index (χ0n) is 8.73. The molecule has 0 aliphatic heterocycles. The quantitative estimate of drug-likeness (QED) is 0.875. The van der Waals surface area contributed by atoms with Crippen LogP contribution >= 0.6 is 15.9 Å². The largest absolute Gasteiger partial charge is 0.464 e. The molecule has 0 radical (unpaired) electrons. The molecule has 16 heavy (non-hydrogen) atoms. The second-order valence-corrected chi connectivity index (χ2v) is 6.85. The lowest BCUT2D eigenvalue weighted by Crippen LogP contribution is -2.05. The highest BCUT2D eigenvalue weighted by Gasteiger charge is 2.14. The van der Waals surface area contributed by atoms with Crippen molar-refractivity contribution in [1.29, 1.82) is 0 Å². The Hall–Kier alpha value is -0.810. The first-order chi connectivity index (χ1) is 7.52. The lowest BCUT2D eigenvalue weighted by Gasteiger charge is -1.98. The summed E-state index contributed by atoms with van der Waals surface area (Å²) in [7, 11) is -3.02. The van der Waals surface area contributed by atoms with Crippen molar-refractivity contribution in [1.82, 2.24) is 0 Å². The van der Waals surface area contributed by atoms with Gasteiger partial charge in [0.1, 0.15) is 5.58 Å². The van der Waals surface area contributed by atoms with E-state index in [0.29, 0.717) is 5.58 Å². The summed E-state index contributed by atoms with van der Waals surface area (Å²) in [6.45, 7) is 1.65. The minimum atomic E-state index is -3.02. The summed E-state index contributed by atoms with van der Waals surface area (Å²) in [5.41, 5.74) is 1.43. The third kappa shape index (κ3) is 2.30. The van der Waals surface area contributed by atoms with Gasteiger partial charge in [0.05, 0.1) is 12.0 Å². The van der Waals surface area contributed by atoms with E-state index < -0.39 is 9.84 Å². The molecule has 5 heteroatoms. The minimum absolute atomic E-state index is 0.0398. The predicted molar refractivity (Wildman–Crippen MR) is 67.1 cm³/mol. The third-order valence-corrected chi connectivity index (χ3v) is 4.56. The Bertz CT molecular complexity index is 613. The van der Waals surface area contributed by atoms with Crippen molar-refractivity contribution in [2.45, 2.75) is 12.7 Å². The molecule has 0 unspecified atom stereocenters. The molecular formula is C11H11BrO3S. The molecule has 2 aromatic rings. The second kappa shape index (κ2) is 4.22. The standard InChI is InChI=1S/C11H11BrO3S/c1-2-16(13,14)7-8-6-15-11-5-9(12)3-4-10(8)11/h3-6H,2,7H2,1H3. The maximum atomic E-state index is 11.5. The number of halogens is 1. The molecule has 0 aliphatic rings. The summed E-state index contributed by atoms with van der Waals surface area (Å²) in [6.07, 6.45) is 1.52. The average molecular weight is 303 g/mol. The van der Waals surface area contributed by atoms with Crippen molar-refractivity contribution in [2.75, 3.05) is 5.75 Å². The van der Waals surface area contributed by atoms with Crippen LogP contribution in [0.5, 0.6) is 0 Å². The van der Waals surface area contributed by atoms with Crippen molar-refractivity contribution >= 4 is 36.7 Å². The highest BCUT2D eigenvalue weighted by Crippen LogP contribution is 2.26. The van der Waals surface area contributed by atoms with Crippen molar-refractivity contribution in [2.24, 2.45) is 0 Å². The average Bonchev–Trinajstić information content (AvgIpc) is 2.60. The molecule has 0 N–H and O–H groups in total. The van der Waals surface area contributed by atoms with Gasteiger partial charge in [-0.2, -0.15) is 0 Å². The maximum Gasteiger partial charge on any atom is 0.154 e. The van der Waals surface area contributed by atoms with Gasteiger partial charge in [-0.3, -0.25) is 0 Å². The summed E-state index contributed by atoms with van der Waals surface area (Å²) < 4.78 is 29.3. The number of furan rings is 1. The Morgan fingerprint density at radius 1 is 1.38 bits per heavy atom. The van der Waals surface area contributed by atoms with E-state index in [1.165, 1.54) is 6.26 Å². The van der Waals surface area contributed by atoms with Crippen LogP contribution in [0.4, 0.5) is 0 Å². The van der Waals surface area contributed by atoms with E-state index in [2.05, 4.69) is 15.9 Å². The van der Waals surface area contributed by atoms with Crippen LogP contribution < -0.4 is 0 Å². The second-order valence-electron chi connectivity index (χ2n) is 3.58. The molecule has 0 saturated carbocycles. The topological polar surface area (TPSA) is 47.3 Å². The lowest BCUT2D eigenvalue weighted by atomic mass is 10.2. The Balaban J connectivity index is 2.47. The maximum absolute atomic E-state index is 11.5. The summed E-state index contributed by atoms with van der Waals surface area (Å²) in [5, 5.41) is 0.861. The number of rotatable bonds is 3. The lowest BCUT2D eigenvalue weighted by molar-refractivity contribution is 0.592. The van der Waals surface area contributed by atoms with Crippen LogP contribution in [0.1, 0.15) is 12.5 Å². The van der Waals surface area contributed by atoms with Crippen molar-refractivity contribution in [3.8, 4) is 0 Å². The van der Waals surface area contributed by atoms with E-state index in [-0.39, 0.29) is 11.5 Å². The van der Waals surface area contributed by atoms with E-state index >= 15 is 0 Å². The molecule has 86 valence electrons. The zero-order valence-corrected chi connectivity index (χ0v) is 11.1. The highest BCUT2D eigenvalue weighted by molar-refractivity contribution is 9.10. The van der Waals surface area contributed by atoms with E-state index in [4.69, 9.17) is 4.42 Å². The predicted octanol–water partition coefficient (Wildman–Crippen LogP) is 3.13. The number of fused-ring (bicyclic) bond motifs is 1. The smallest absolute Gasteiger partial charge is 0.154 e. The molecule has 3 nitrogen and oxygen atoms in total. The zero-order chi connectivity index (χ0) is 11.8. The Labute approximate surface area is 102 Å². The first-order valence-corrected chi connectivity index (χ1v) is 7.49. The van der Waals surface area contributed by atoms with Crippen LogP contribution in [0.15, 0.2) is 33.4 Å².